The third kappa shape index (κ3) is 3.18. The first-order chi connectivity index (χ1) is 9.80. The average molecular weight is 307 g/mol. The minimum absolute atomic E-state index is 0.0714. The molecule has 0 aliphatic carbocycles. The van der Waals surface area contributed by atoms with Crippen LogP contribution in [0.15, 0.2) is 46.3 Å². The minimum Gasteiger partial charge on any atom is -0.367 e. The van der Waals surface area contributed by atoms with Crippen molar-refractivity contribution in [1.82, 2.24) is 4.98 Å². The SMILES string of the molecule is Cc1c(NC(=O)c2c[nH]ccc2=O)cccc1S(N)(=O)=O. The Hall–Kier alpha value is -2.45. The zero-order chi connectivity index (χ0) is 15.6. The number of pyridine rings is 1. The van der Waals surface area contributed by atoms with Crippen molar-refractivity contribution >= 4 is 21.6 Å². The fourth-order valence-corrected chi connectivity index (χ4v) is 2.65. The highest BCUT2D eigenvalue weighted by molar-refractivity contribution is 7.89. The monoisotopic (exact) mass is 307 g/mol. The van der Waals surface area contributed by atoms with E-state index in [1.165, 1.54) is 43.6 Å². The first kappa shape index (κ1) is 14.9. The molecule has 1 amide bonds. The van der Waals surface area contributed by atoms with E-state index in [9.17, 15) is 18.0 Å². The molecule has 0 aliphatic heterocycles. The lowest BCUT2D eigenvalue weighted by molar-refractivity contribution is 0.102. The molecule has 1 aromatic heterocycles. The van der Waals surface area contributed by atoms with Gasteiger partial charge in [-0.3, -0.25) is 9.59 Å². The standard InChI is InChI=1S/C13H13N3O4S/c1-8-10(3-2-4-12(8)21(14,19)20)16-13(18)9-7-15-6-5-11(9)17/h2-7H,1H3,(H,15,17)(H,16,18)(H2,14,19,20). The number of H-pyrrole nitrogens is 1. The predicted molar refractivity (Wildman–Crippen MR) is 77.6 cm³/mol. The van der Waals surface area contributed by atoms with Gasteiger partial charge in [-0.1, -0.05) is 6.07 Å². The second kappa shape index (κ2) is 5.51. The summed E-state index contributed by atoms with van der Waals surface area (Å²) in [5.74, 6) is -0.633. The maximum atomic E-state index is 12.0. The van der Waals surface area contributed by atoms with Gasteiger partial charge >= 0.3 is 0 Å². The van der Waals surface area contributed by atoms with E-state index in [-0.39, 0.29) is 16.1 Å². The zero-order valence-electron chi connectivity index (χ0n) is 11.1. The van der Waals surface area contributed by atoms with E-state index in [0.29, 0.717) is 5.56 Å². The lowest BCUT2D eigenvalue weighted by Gasteiger charge is -2.11. The van der Waals surface area contributed by atoms with E-state index in [1.807, 2.05) is 0 Å². The predicted octanol–water partition coefficient (Wildman–Crippen LogP) is 0.583. The van der Waals surface area contributed by atoms with E-state index in [4.69, 9.17) is 5.14 Å². The molecule has 7 nitrogen and oxygen atoms in total. The number of sulfonamides is 1. The Kier molecular flexibility index (Phi) is 3.92. The molecule has 2 rings (SSSR count). The Balaban J connectivity index is 2.40. The van der Waals surface area contributed by atoms with Crippen LogP contribution in [-0.4, -0.2) is 19.3 Å². The number of aromatic amines is 1. The molecular formula is C13H13N3O4S. The number of nitrogens with two attached hydrogens (primary N) is 1. The molecule has 0 unspecified atom stereocenters. The van der Waals surface area contributed by atoms with Crippen LogP contribution >= 0.6 is 0 Å². The van der Waals surface area contributed by atoms with Crippen LogP contribution in [0.4, 0.5) is 5.69 Å². The third-order valence-electron chi connectivity index (χ3n) is 2.91. The van der Waals surface area contributed by atoms with Gasteiger partial charge in [0.25, 0.3) is 5.91 Å². The number of amides is 1. The van der Waals surface area contributed by atoms with Crippen molar-refractivity contribution in [2.45, 2.75) is 11.8 Å². The molecule has 0 bridgehead atoms. The molecule has 2 aromatic rings. The Bertz CT molecular complexity index is 856. The van der Waals surface area contributed by atoms with Crippen LogP contribution in [0.3, 0.4) is 0 Å². The highest BCUT2D eigenvalue weighted by Gasteiger charge is 2.16. The van der Waals surface area contributed by atoms with Crippen molar-refractivity contribution in [2.24, 2.45) is 5.14 Å². The number of nitrogens with one attached hydrogen (secondary N) is 2. The van der Waals surface area contributed by atoms with E-state index in [2.05, 4.69) is 10.3 Å². The fraction of sp³-hybridized carbons (Fsp3) is 0.0769. The van der Waals surface area contributed by atoms with Gasteiger partial charge in [0.1, 0.15) is 5.56 Å². The van der Waals surface area contributed by atoms with Gasteiger partial charge < -0.3 is 10.3 Å². The summed E-state index contributed by atoms with van der Waals surface area (Å²) in [4.78, 5) is 26.2. The molecule has 110 valence electrons. The van der Waals surface area contributed by atoms with Gasteiger partial charge in [-0.05, 0) is 24.6 Å². The van der Waals surface area contributed by atoms with Gasteiger partial charge in [0, 0.05) is 24.1 Å². The molecule has 1 heterocycles. The van der Waals surface area contributed by atoms with E-state index in [0.717, 1.165) is 0 Å². The Morgan fingerprint density at radius 1 is 1.29 bits per heavy atom. The van der Waals surface area contributed by atoms with Crippen LogP contribution in [0.5, 0.6) is 0 Å². The zero-order valence-corrected chi connectivity index (χ0v) is 11.9. The number of hydrogen-bond acceptors (Lipinski definition) is 4. The number of anilines is 1. The highest BCUT2D eigenvalue weighted by atomic mass is 32.2. The topological polar surface area (TPSA) is 122 Å². The number of primary sulfonamides is 1. The van der Waals surface area contributed by atoms with E-state index in [1.54, 1.807) is 0 Å². The van der Waals surface area contributed by atoms with Crippen LogP contribution in [0.2, 0.25) is 0 Å². The number of carbonyl (C=O) groups excluding carboxylic acids is 1. The van der Waals surface area contributed by atoms with Crippen molar-refractivity contribution in [3.8, 4) is 0 Å². The lowest BCUT2D eigenvalue weighted by Crippen LogP contribution is -2.22. The second-order valence-electron chi connectivity index (χ2n) is 4.35. The van der Waals surface area contributed by atoms with Crippen LogP contribution < -0.4 is 15.9 Å². The van der Waals surface area contributed by atoms with Crippen LogP contribution in [0.25, 0.3) is 0 Å². The Morgan fingerprint density at radius 2 is 2.00 bits per heavy atom. The second-order valence-corrected chi connectivity index (χ2v) is 5.88. The first-order valence-electron chi connectivity index (χ1n) is 5.91. The first-order valence-corrected chi connectivity index (χ1v) is 7.46. The smallest absolute Gasteiger partial charge is 0.261 e. The molecular weight excluding hydrogens is 294 g/mol. The number of aromatic nitrogens is 1. The minimum atomic E-state index is -3.88. The summed E-state index contributed by atoms with van der Waals surface area (Å²) in [5.41, 5.74) is 0.0694. The summed E-state index contributed by atoms with van der Waals surface area (Å²) < 4.78 is 22.9. The molecule has 4 N–H and O–H groups in total. The summed E-state index contributed by atoms with van der Waals surface area (Å²) in [6.45, 7) is 1.52. The highest BCUT2D eigenvalue weighted by Crippen LogP contribution is 2.22. The molecule has 0 spiro atoms. The Morgan fingerprint density at radius 3 is 2.62 bits per heavy atom. The molecule has 0 radical (unpaired) electrons. The normalized spacial score (nSPS) is 11.1. The maximum Gasteiger partial charge on any atom is 0.261 e. The molecule has 0 atom stereocenters. The molecule has 0 fully saturated rings. The molecule has 0 saturated heterocycles. The summed E-state index contributed by atoms with van der Waals surface area (Å²) in [7, 11) is -3.88. The number of carbonyl (C=O) groups is 1. The van der Waals surface area contributed by atoms with Crippen LogP contribution in [-0.2, 0) is 10.0 Å². The lowest BCUT2D eigenvalue weighted by atomic mass is 10.2. The van der Waals surface area contributed by atoms with E-state index >= 15 is 0 Å². The maximum absolute atomic E-state index is 12.0. The molecule has 1 aromatic carbocycles. The average Bonchev–Trinajstić information content (AvgIpc) is 2.40. The molecule has 0 aliphatic rings. The number of rotatable bonds is 3. The van der Waals surface area contributed by atoms with E-state index < -0.39 is 21.4 Å². The summed E-state index contributed by atoms with van der Waals surface area (Å²) >= 11 is 0. The van der Waals surface area contributed by atoms with Gasteiger partial charge in [-0.25, -0.2) is 13.6 Å². The van der Waals surface area contributed by atoms with Crippen molar-refractivity contribution < 1.29 is 13.2 Å². The Labute approximate surface area is 120 Å². The molecule has 0 saturated carbocycles. The molecule has 21 heavy (non-hydrogen) atoms. The third-order valence-corrected chi connectivity index (χ3v) is 3.96. The summed E-state index contributed by atoms with van der Waals surface area (Å²) in [5, 5.41) is 7.60. The van der Waals surface area contributed by atoms with Crippen molar-refractivity contribution in [1.29, 1.82) is 0 Å². The van der Waals surface area contributed by atoms with Crippen molar-refractivity contribution in [2.75, 3.05) is 5.32 Å². The number of benzene rings is 1. The van der Waals surface area contributed by atoms with Gasteiger partial charge in [-0.2, -0.15) is 0 Å². The molecule has 8 heteroatoms. The largest absolute Gasteiger partial charge is 0.367 e. The van der Waals surface area contributed by atoms with Crippen molar-refractivity contribution in [3.63, 3.8) is 0 Å². The van der Waals surface area contributed by atoms with Gasteiger partial charge in [0.15, 0.2) is 5.43 Å². The van der Waals surface area contributed by atoms with Gasteiger partial charge in [0.2, 0.25) is 10.0 Å². The fourth-order valence-electron chi connectivity index (χ4n) is 1.84. The summed E-state index contributed by atoms with van der Waals surface area (Å²) in [6, 6.07) is 5.55. The van der Waals surface area contributed by atoms with Gasteiger partial charge in [0.05, 0.1) is 4.90 Å². The summed E-state index contributed by atoms with van der Waals surface area (Å²) in [6.07, 6.45) is 2.68. The quantitative estimate of drug-likeness (QED) is 0.767. The van der Waals surface area contributed by atoms with Gasteiger partial charge in [-0.15, -0.1) is 0 Å². The number of hydrogen-bond donors (Lipinski definition) is 3. The van der Waals surface area contributed by atoms with Crippen molar-refractivity contribution in [3.05, 3.63) is 58.0 Å². The van der Waals surface area contributed by atoms with Crippen LogP contribution in [0, 0.1) is 6.92 Å². The van der Waals surface area contributed by atoms with Crippen LogP contribution in [0.1, 0.15) is 15.9 Å².